The fourth-order valence-electron chi connectivity index (χ4n) is 3.55. The molecule has 2 amide bonds. The highest BCUT2D eigenvalue weighted by Gasteiger charge is 2.22. The van der Waals surface area contributed by atoms with E-state index in [2.05, 4.69) is 9.62 Å². The number of nitrogens with one attached hydrogen (secondary N) is 1. The summed E-state index contributed by atoms with van der Waals surface area (Å²) in [5.74, 6) is 0. The van der Waals surface area contributed by atoms with Gasteiger partial charge in [-0.15, -0.1) is 0 Å². The molecule has 1 aliphatic rings. The van der Waals surface area contributed by atoms with Crippen LogP contribution >= 0.6 is 0 Å². The molecule has 2 aromatic carbocycles. The highest BCUT2D eigenvalue weighted by atomic mass is 32.2. The number of ether oxygens (including phenoxy) is 1. The lowest BCUT2D eigenvalue weighted by Gasteiger charge is -2.28. The lowest BCUT2D eigenvalue weighted by molar-refractivity contribution is 0.0364. The molecule has 0 radical (unpaired) electrons. The van der Waals surface area contributed by atoms with E-state index in [4.69, 9.17) is 4.74 Å². The molecule has 0 unspecified atom stereocenters. The predicted molar refractivity (Wildman–Crippen MR) is 120 cm³/mol. The van der Waals surface area contributed by atoms with E-state index in [1.165, 1.54) is 12.1 Å². The number of aryl methyl sites for hydroxylation is 2. The molecule has 0 bridgehead atoms. The Morgan fingerprint density at radius 1 is 1.06 bits per heavy atom. The first-order valence-corrected chi connectivity index (χ1v) is 12.1. The zero-order valence-corrected chi connectivity index (χ0v) is 19.0. The van der Waals surface area contributed by atoms with E-state index in [0.717, 1.165) is 56.0 Å². The van der Waals surface area contributed by atoms with Gasteiger partial charge in [0.05, 0.1) is 18.1 Å². The molecule has 7 nitrogen and oxygen atoms in total. The smallest absolute Gasteiger partial charge is 0.331 e. The van der Waals surface area contributed by atoms with Crippen molar-refractivity contribution in [1.29, 1.82) is 0 Å². The van der Waals surface area contributed by atoms with Gasteiger partial charge in [0.2, 0.25) is 0 Å². The number of hydrogen-bond donors (Lipinski definition) is 1. The summed E-state index contributed by atoms with van der Waals surface area (Å²) in [7, 11) is -3.94. The Morgan fingerprint density at radius 3 is 2.45 bits per heavy atom. The van der Waals surface area contributed by atoms with Crippen LogP contribution in [0.4, 0.5) is 4.79 Å². The maximum Gasteiger partial charge on any atom is 0.331 e. The van der Waals surface area contributed by atoms with Crippen molar-refractivity contribution in [3.8, 4) is 0 Å². The second-order valence-electron chi connectivity index (χ2n) is 7.94. The van der Waals surface area contributed by atoms with E-state index in [-0.39, 0.29) is 4.90 Å². The van der Waals surface area contributed by atoms with Crippen molar-refractivity contribution in [2.75, 3.05) is 39.4 Å². The third kappa shape index (κ3) is 7.05. The quantitative estimate of drug-likeness (QED) is 0.676. The average Bonchev–Trinajstić information content (AvgIpc) is 2.74. The van der Waals surface area contributed by atoms with Crippen molar-refractivity contribution in [2.24, 2.45) is 0 Å². The van der Waals surface area contributed by atoms with Gasteiger partial charge in [0, 0.05) is 32.7 Å². The highest BCUT2D eigenvalue weighted by Crippen LogP contribution is 2.13. The topological polar surface area (TPSA) is 79.0 Å². The number of carbonyl (C=O) groups excluding carboxylic acids is 1. The molecule has 0 aliphatic carbocycles. The Morgan fingerprint density at radius 2 is 1.77 bits per heavy atom. The molecular formula is C23H31N3O4S. The number of morpholine rings is 1. The van der Waals surface area contributed by atoms with E-state index in [0.29, 0.717) is 13.1 Å². The summed E-state index contributed by atoms with van der Waals surface area (Å²) in [5, 5.41) is 0. The predicted octanol–water partition coefficient (Wildman–Crippen LogP) is 2.93. The van der Waals surface area contributed by atoms with Crippen LogP contribution in [0.5, 0.6) is 0 Å². The van der Waals surface area contributed by atoms with E-state index >= 15 is 0 Å². The minimum Gasteiger partial charge on any atom is -0.379 e. The molecule has 8 heteroatoms. The van der Waals surface area contributed by atoms with Crippen LogP contribution in [0.15, 0.2) is 53.4 Å². The van der Waals surface area contributed by atoms with Crippen molar-refractivity contribution < 1.29 is 17.9 Å². The number of carbonyl (C=O) groups is 1. The normalized spacial score (nSPS) is 14.9. The molecule has 1 fully saturated rings. The minimum absolute atomic E-state index is 0.0790. The second-order valence-corrected chi connectivity index (χ2v) is 9.62. The van der Waals surface area contributed by atoms with Gasteiger partial charge in [-0.1, -0.05) is 47.5 Å². The average molecular weight is 446 g/mol. The molecule has 0 atom stereocenters. The Balaban J connectivity index is 1.68. The van der Waals surface area contributed by atoms with Crippen LogP contribution < -0.4 is 4.72 Å². The van der Waals surface area contributed by atoms with Gasteiger partial charge in [-0.3, -0.25) is 4.90 Å². The summed E-state index contributed by atoms with van der Waals surface area (Å²) in [6.45, 7) is 8.73. The van der Waals surface area contributed by atoms with E-state index in [1.807, 2.05) is 38.1 Å². The first-order valence-electron chi connectivity index (χ1n) is 10.6. The van der Waals surface area contributed by atoms with Gasteiger partial charge >= 0.3 is 6.03 Å². The van der Waals surface area contributed by atoms with Crippen molar-refractivity contribution in [2.45, 2.75) is 31.7 Å². The van der Waals surface area contributed by atoms with Crippen LogP contribution in [0.2, 0.25) is 0 Å². The second kappa shape index (κ2) is 10.7. The third-order valence-electron chi connectivity index (χ3n) is 5.30. The monoisotopic (exact) mass is 445 g/mol. The highest BCUT2D eigenvalue weighted by molar-refractivity contribution is 7.90. The first-order chi connectivity index (χ1) is 14.8. The molecule has 1 N–H and O–H groups in total. The number of sulfonamides is 1. The Bertz CT molecular complexity index is 971. The van der Waals surface area contributed by atoms with Crippen LogP contribution in [0.3, 0.4) is 0 Å². The molecule has 31 heavy (non-hydrogen) atoms. The van der Waals surface area contributed by atoms with Gasteiger partial charge in [-0.05, 0) is 38.0 Å². The van der Waals surface area contributed by atoms with Crippen LogP contribution in [-0.4, -0.2) is 63.6 Å². The summed E-state index contributed by atoms with van der Waals surface area (Å²) in [6.07, 6.45) is 0.754. The van der Waals surface area contributed by atoms with E-state index < -0.39 is 16.1 Å². The van der Waals surface area contributed by atoms with Gasteiger partial charge < -0.3 is 9.64 Å². The van der Waals surface area contributed by atoms with Crippen molar-refractivity contribution >= 4 is 16.1 Å². The molecule has 168 valence electrons. The molecule has 3 rings (SSSR count). The Hall–Kier alpha value is -2.42. The van der Waals surface area contributed by atoms with Gasteiger partial charge in [-0.25, -0.2) is 17.9 Å². The third-order valence-corrected chi connectivity index (χ3v) is 6.64. The zero-order chi connectivity index (χ0) is 22.3. The summed E-state index contributed by atoms with van der Waals surface area (Å²) < 4.78 is 33.0. The summed E-state index contributed by atoms with van der Waals surface area (Å²) in [6, 6.07) is 13.7. The first kappa shape index (κ1) is 23.2. The number of rotatable bonds is 8. The van der Waals surface area contributed by atoms with Crippen LogP contribution in [0.25, 0.3) is 0 Å². The van der Waals surface area contributed by atoms with Gasteiger partial charge in [0.25, 0.3) is 10.0 Å². The largest absolute Gasteiger partial charge is 0.379 e. The summed E-state index contributed by atoms with van der Waals surface area (Å²) in [4.78, 5) is 16.9. The SMILES string of the molecule is Cc1ccc(S(=O)(=O)NC(=O)N(CCCN2CCOCC2)Cc2cccc(C)c2)cc1. The Kier molecular flexibility index (Phi) is 8.06. The molecule has 0 saturated carbocycles. The fourth-order valence-corrected chi connectivity index (χ4v) is 4.52. The maximum absolute atomic E-state index is 13.0. The standard InChI is InChI=1S/C23H31N3O4S/c1-19-7-9-22(10-8-19)31(28,29)24-23(27)26(18-21-6-3-5-20(2)17-21)12-4-11-25-13-15-30-16-14-25/h3,5-10,17H,4,11-16,18H2,1-2H3,(H,24,27). The fraction of sp³-hybridized carbons (Fsp3) is 0.435. The molecule has 1 aliphatic heterocycles. The van der Waals surface area contributed by atoms with E-state index in [9.17, 15) is 13.2 Å². The molecule has 0 spiro atoms. The van der Waals surface area contributed by atoms with Crippen LogP contribution in [0, 0.1) is 13.8 Å². The number of urea groups is 1. The van der Waals surface area contributed by atoms with E-state index in [1.54, 1.807) is 17.0 Å². The van der Waals surface area contributed by atoms with Gasteiger partial charge in [-0.2, -0.15) is 0 Å². The maximum atomic E-state index is 13.0. The van der Waals surface area contributed by atoms with Crippen molar-refractivity contribution in [3.63, 3.8) is 0 Å². The van der Waals surface area contributed by atoms with Crippen molar-refractivity contribution in [3.05, 3.63) is 65.2 Å². The van der Waals surface area contributed by atoms with Crippen LogP contribution in [0.1, 0.15) is 23.1 Å². The number of amides is 2. The van der Waals surface area contributed by atoms with Gasteiger partial charge in [0.15, 0.2) is 0 Å². The molecule has 1 heterocycles. The number of hydrogen-bond acceptors (Lipinski definition) is 5. The molecule has 1 saturated heterocycles. The van der Waals surface area contributed by atoms with Crippen LogP contribution in [-0.2, 0) is 21.3 Å². The summed E-state index contributed by atoms with van der Waals surface area (Å²) in [5.41, 5.74) is 3.02. The van der Waals surface area contributed by atoms with Crippen molar-refractivity contribution in [1.82, 2.24) is 14.5 Å². The lowest BCUT2D eigenvalue weighted by atomic mass is 10.1. The molecule has 0 aromatic heterocycles. The minimum atomic E-state index is -3.94. The summed E-state index contributed by atoms with van der Waals surface area (Å²) >= 11 is 0. The number of nitrogens with zero attached hydrogens (tertiary/aromatic N) is 2. The zero-order valence-electron chi connectivity index (χ0n) is 18.2. The number of benzene rings is 2. The lowest BCUT2D eigenvalue weighted by Crippen LogP contribution is -2.44. The Labute approximate surface area is 185 Å². The molecule has 2 aromatic rings. The van der Waals surface area contributed by atoms with Gasteiger partial charge in [0.1, 0.15) is 0 Å². The molecular weight excluding hydrogens is 414 g/mol.